The Labute approximate surface area is 109 Å². The monoisotopic (exact) mass is 256 g/mol. The van der Waals surface area contributed by atoms with Crippen LogP contribution in [0.4, 0.5) is 0 Å². The van der Waals surface area contributed by atoms with Crippen LogP contribution in [0.2, 0.25) is 0 Å². The molecule has 0 saturated heterocycles. The number of rotatable bonds is 2. The molecule has 2 nitrogen and oxygen atoms in total. The van der Waals surface area contributed by atoms with Gasteiger partial charge in [-0.3, -0.25) is 0 Å². The summed E-state index contributed by atoms with van der Waals surface area (Å²) in [6.07, 6.45) is 0. The minimum Gasteiger partial charge on any atom is -0.508 e. The van der Waals surface area contributed by atoms with Crippen LogP contribution in [0.5, 0.6) is 5.75 Å². The minimum atomic E-state index is 0.0912. The molecule has 0 unspecified atom stereocenters. The van der Waals surface area contributed by atoms with Gasteiger partial charge in [-0.1, -0.05) is 18.2 Å². The second kappa shape index (κ2) is 4.44. The van der Waals surface area contributed by atoms with Gasteiger partial charge in [0, 0.05) is 9.58 Å². The second-order valence-electron chi connectivity index (χ2n) is 4.17. The molecule has 0 aliphatic heterocycles. The van der Waals surface area contributed by atoms with Crippen molar-refractivity contribution >= 4 is 21.4 Å². The maximum atomic E-state index is 9.28. The molecule has 2 aromatic carbocycles. The topological polar surface area (TPSA) is 40.5 Å². The van der Waals surface area contributed by atoms with Crippen LogP contribution in [-0.2, 0) is 6.61 Å². The lowest BCUT2D eigenvalue weighted by atomic mass is 10.0. The molecule has 0 radical (unpaired) electrons. The minimum absolute atomic E-state index is 0.0912. The number of aliphatic hydroxyl groups is 1. The molecular formula is C15H12O2S. The first-order chi connectivity index (χ1) is 8.76. The number of aromatic hydroxyl groups is 1. The lowest BCUT2D eigenvalue weighted by Gasteiger charge is -2.02. The summed E-state index contributed by atoms with van der Waals surface area (Å²) in [7, 11) is 0. The van der Waals surface area contributed by atoms with E-state index in [9.17, 15) is 5.11 Å². The Morgan fingerprint density at radius 2 is 1.61 bits per heavy atom. The first-order valence-corrected chi connectivity index (χ1v) is 6.50. The van der Waals surface area contributed by atoms with E-state index in [2.05, 4.69) is 18.2 Å². The van der Waals surface area contributed by atoms with Gasteiger partial charge in [-0.2, -0.15) is 0 Å². The highest BCUT2D eigenvalue weighted by Gasteiger charge is 2.03. The van der Waals surface area contributed by atoms with Crippen molar-refractivity contribution in [3.05, 3.63) is 53.4 Å². The van der Waals surface area contributed by atoms with Crippen molar-refractivity contribution in [3.63, 3.8) is 0 Å². The van der Waals surface area contributed by atoms with Crippen molar-refractivity contribution in [1.29, 1.82) is 0 Å². The average Bonchev–Trinajstić information content (AvgIpc) is 2.81. The Kier molecular flexibility index (Phi) is 2.78. The Balaban J connectivity index is 2.09. The fourth-order valence-electron chi connectivity index (χ4n) is 2.01. The Morgan fingerprint density at radius 3 is 2.33 bits per heavy atom. The molecule has 0 atom stereocenters. The number of phenolic OH excluding ortho intramolecular Hbond substituents is 1. The zero-order valence-electron chi connectivity index (χ0n) is 9.63. The van der Waals surface area contributed by atoms with Gasteiger partial charge in [0.05, 0.1) is 6.61 Å². The van der Waals surface area contributed by atoms with E-state index >= 15 is 0 Å². The summed E-state index contributed by atoms with van der Waals surface area (Å²) in [5.41, 5.74) is 2.19. The van der Waals surface area contributed by atoms with Crippen LogP contribution in [0.1, 0.15) is 4.88 Å². The van der Waals surface area contributed by atoms with Gasteiger partial charge in [0.25, 0.3) is 0 Å². The number of phenols is 1. The van der Waals surface area contributed by atoms with Crippen LogP contribution in [0.25, 0.3) is 21.2 Å². The van der Waals surface area contributed by atoms with Crippen molar-refractivity contribution in [2.75, 3.05) is 0 Å². The molecule has 2 N–H and O–H groups in total. The first kappa shape index (κ1) is 11.3. The maximum Gasteiger partial charge on any atom is 0.115 e. The number of hydrogen-bond acceptors (Lipinski definition) is 3. The summed E-state index contributed by atoms with van der Waals surface area (Å²) in [6, 6.07) is 15.4. The van der Waals surface area contributed by atoms with Gasteiger partial charge in [0.15, 0.2) is 0 Å². The summed E-state index contributed by atoms with van der Waals surface area (Å²) in [6.45, 7) is 0.0912. The zero-order chi connectivity index (χ0) is 12.5. The standard InChI is InChI=1S/C15H12O2S/c16-9-14-8-12-7-11(3-6-15(12)18-14)10-1-4-13(17)5-2-10/h1-8,16-17H,9H2. The number of fused-ring (bicyclic) bond motifs is 1. The summed E-state index contributed by atoms with van der Waals surface area (Å²) in [5.74, 6) is 0.276. The Hall–Kier alpha value is -1.84. The summed E-state index contributed by atoms with van der Waals surface area (Å²) >= 11 is 1.61. The van der Waals surface area contributed by atoms with Crippen molar-refractivity contribution in [3.8, 4) is 16.9 Å². The summed E-state index contributed by atoms with van der Waals surface area (Å²) < 4.78 is 1.18. The molecule has 3 aromatic rings. The molecule has 18 heavy (non-hydrogen) atoms. The molecular weight excluding hydrogens is 244 g/mol. The quantitative estimate of drug-likeness (QED) is 0.732. The Bertz CT molecular complexity index is 683. The van der Waals surface area contributed by atoms with E-state index in [1.165, 1.54) is 4.70 Å². The molecule has 3 rings (SSSR count). The van der Waals surface area contributed by atoms with E-state index in [0.717, 1.165) is 21.4 Å². The molecule has 0 bridgehead atoms. The van der Waals surface area contributed by atoms with Crippen LogP contribution in [-0.4, -0.2) is 10.2 Å². The normalized spacial score (nSPS) is 10.9. The van der Waals surface area contributed by atoms with E-state index in [-0.39, 0.29) is 12.4 Å². The molecule has 0 spiro atoms. The first-order valence-electron chi connectivity index (χ1n) is 5.69. The summed E-state index contributed by atoms with van der Waals surface area (Å²) in [4.78, 5) is 0.979. The molecule has 0 aliphatic carbocycles. The van der Waals surface area contributed by atoms with Crippen LogP contribution in [0.15, 0.2) is 48.5 Å². The van der Waals surface area contributed by atoms with E-state index < -0.39 is 0 Å². The number of hydrogen-bond donors (Lipinski definition) is 2. The van der Waals surface area contributed by atoms with Crippen molar-refractivity contribution < 1.29 is 10.2 Å². The summed E-state index contributed by atoms with van der Waals surface area (Å²) in [5, 5.41) is 19.6. The molecule has 0 fully saturated rings. The van der Waals surface area contributed by atoms with Gasteiger partial charge in [-0.05, 0) is 46.8 Å². The lowest BCUT2D eigenvalue weighted by molar-refractivity contribution is 0.285. The highest BCUT2D eigenvalue weighted by atomic mass is 32.1. The van der Waals surface area contributed by atoms with Crippen LogP contribution >= 0.6 is 11.3 Å². The van der Waals surface area contributed by atoms with Gasteiger partial charge in [0.2, 0.25) is 0 Å². The number of benzene rings is 2. The zero-order valence-corrected chi connectivity index (χ0v) is 10.4. The van der Waals surface area contributed by atoms with E-state index in [0.29, 0.717) is 0 Å². The third-order valence-corrected chi connectivity index (χ3v) is 4.02. The average molecular weight is 256 g/mol. The number of aliphatic hydroxyl groups excluding tert-OH is 1. The van der Waals surface area contributed by atoms with Crippen molar-refractivity contribution in [2.24, 2.45) is 0 Å². The van der Waals surface area contributed by atoms with Crippen molar-refractivity contribution in [2.45, 2.75) is 6.61 Å². The molecule has 1 heterocycles. The van der Waals surface area contributed by atoms with E-state index in [4.69, 9.17) is 5.11 Å². The highest BCUT2D eigenvalue weighted by Crippen LogP contribution is 2.30. The lowest BCUT2D eigenvalue weighted by Crippen LogP contribution is -1.76. The van der Waals surface area contributed by atoms with E-state index in [1.54, 1.807) is 23.5 Å². The van der Waals surface area contributed by atoms with Crippen LogP contribution in [0.3, 0.4) is 0 Å². The van der Waals surface area contributed by atoms with Gasteiger partial charge in [-0.15, -0.1) is 11.3 Å². The SMILES string of the molecule is OCc1cc2cc(-c3ccc(O)cc3)ccc2s1. The van der Waals surface area contributed by atoms with Crippen LogP contribution < -0.4 is 0 Å². The van der Waals surface area contributed by atoms with Gasteiger partial charge < -0.3 is 10.2 Å². The molecule has 0 amide bonds. The van der Waals surface area contributed by atoms with E-state index in [1.807, 2.05) is 18.2 Å². The second-order valence-corrected chi connectivity index (χ2v) is 5.34. The predicted octanol–water partition coefficient (Wildman–Crippen LogP) is 3.77. The highest BCUT2D eigenvalue weighted by molar-refractivity contribution is 7.19. The molecule has 1 aromatic heterocycles. The predicted molar refractivity (Wildman–Crippen MR) is 74.8 cm³/mol. The maximum absolute atomic E-state index is 9.28. The largest absolute Gasteiger partial charge is 0.508 e. The third kappa shape index (κ3) is 1.98. The van der Waals surface area contributed by atoms with Gasteiger partial charge in [-0.25, -0.2) is 0 Å². The third-order valence-electron chi connectivity index (χ3n) is 2.92. The molecule has 0 saturated carbocycles. The van der Waals surface area contributed by atoms with Gasteiger partial charge >= 0.3 is 0 Å². The Morgan fingerprint density at radius 1 is 0.889 bits per heavy atom. The molecule has 90 valence electrons. The van der Waals surface area contributed by atoms with Crippen LogP contribution in [0, 0.1) is 0 Å². The fourth-order valence-corrected chi connectivity index (χ4v) is 2.91. The molecule has 0 aliphatic rings. The molecule has 3 heteroatoms. The smallest absolute Gasteiger partial charge is 0.115 e. The number of thiophene rings is 1. The fraction of sp³-hybridized carbons (Fsp3) is 0.0667. The van der Waals surface area contributed by atoms with Crippen molar-refractivity contribution in [1.82, 2.24) is 0 Å². The van der Waals surface area contributed by atoms with Gasteiger partial charge in [0.1, 0.15) is 5.75 Å².